The van der Waals surface area contributed by atoms with Gasteiger partial charge in [0.25, 0.3) is 0 Å². The average Bonchev–Trinajstić information content (AvgIpc) is 2.95. The van der Waals surface area contributed by atoms with Crippen molar-refractivity contribution in [2.75, 3.05) is 27.3 Å². The Morgan fingerprint density at radius 1 is 1.41 bits per heavy atom. The van der Waals surface area contributed by atoms with Gasteiger partial charge in [-0.1, -0.05) is 33.8 Å². The van der Waals surface area contributed by atoms with E-state index >= 15 is 0 Å². The van der Waals surface area contributed by atoms with Crippen LogP contribution in [0.25, 0.3) is 6.20 Å². The van der Waals surface area contributed by atoms with E-state index in [0.717, 1.165) is 5.56 Å². The number of aromatic nitrogens is 2. The highest BCUT2D eigenvalue weighted by molar-refractivity contribution is 5.66. The molecular formula is C19H31N3O5. The van der Waals surface area contributed by atoms with Crippen LogP contribution in [0, 0.1) is 11.3 Å². The Morgan fingerprint density at radius 3 is 2.63 bits per heavy atom. The zero-order valence-corrected chi connectivity index (χ0v) is 17.3. The first-order valence-electron chi connectivity index (χ1n) is 9.13. The van der Waals surface area contributed by atoms with Crippen molar-refractivity contribution in [3.63, 3.8) is 0 Å². The minimum atomic E-state index is -0.460. The van der Waals surface area contributed by atoms with Crippen molar-refractivity contribution in [1.82, 2.24) is 14.7 Å². The molecule has 0 unspecified atom stereocenters. The molecule has 1 amide bonds. The molecule has 1 aromatic heterocycles. The molecule has 8 nitrogen and oxygen atoms in total. The second-order valence-electron chi connectivity index (χ2n) is 7.98. The molecule has 0 atom stereocenters. The predicted molar refractivity (Wildman–Crippen MR) is 101 cm³/mol. The van der Waals surface area contributed by atoms with Crippen molar-refractivity contribution in [2.24, 2.45) is 11.3 Å². The molecule has 1 aliphatic rings. The Morgan fingerprint density at radius 2 is 2.07 bits per heavy atom. The molecule has 1 fully saturated rings. The molecule has 2 heterocycles. The summed E-state index contributed by atoms with van der Waals surface area (Å²) in [6.07, 6.45) is 4.38. The first kappa shape index (κ1) is 21.2. The molecule has 0 radical (unpaired) electrons. The van der Waals surface area contributed by atoms with Gasteiger partial charge >= 0.3 is 6.09 Å². The van der Waals surface area contributed by atoms with Crippen LogP contribution < -0.4 is 4.74 Å². The van der Waals surface area contributed by atoms with Gasteiger partial charge in [0.05, 0.1) is 18.4 Å². The number of amides is 1. The molecular weight excluding hydrogens is 350 g/mol. The lowest BCUT2D eigenvalue weighted by Gasteiger charge is -2.33. The summed E-state index contributed by atoms with van der Waals surface area (Å²) in [4.78, 5) is 13.0. The van der Waals surface area contributed by atoms with Crippen molar-refractivity contribution in [3.8, 4) is 5.88 Å². The standard InChI is InChI=1S/C19H31N3O5/c1-13(2)11-24-16-15(17-26-14(3)27-17)10-20-22(16)9-8-19(4,5)12-25-18(23)21(6)7/h8-10,13-14,17H,11-12H2,1-7H3/b9-8+. The van der Waals surface area contributed by atoms with E-state index in [1.54, 1.807) is 25.0 Å². The van der Waals surface area contributed by atoms with Gasteiger partial charge in [-0.25, -0.2) is 9.48 Å². The lowest BCUT2D eigenvalue weighted by molar-refractivity contribution is -0.382. The van der Waals surface area contributed by atoms with Crippen LogP contribution >= 0.6 is 0 Å². The number of hydrogen-bond acceptors (Lipinski definition) is 6. The van der Waals surface area contributed by atoms with Crippen LogP contribution in [0.4, 0.5) is 4.79 Å². The van der Waals surface area contributed by atoms with E-state index in [4.69, 9.17) is 18.9 Å². The molecule has 2 rings (SSSR count). The lowest BCUT2D eigenvalue weighted by Crippen LogP contribution is -2.31. The van der Waals surface area contributed by atoms with Gasteiger partial charge in [-0.2, -0.15) is 5.10 Å². The summed E-state index contributed by atoms with van der Waals surface area (Å²) in [7, 11) is 3.31. The Kier molecular flexibility index (Phi) is 6.89. The summed E-state index contributed by atoms with van der Waals surface area (Å²) in [5.74, 6) is 0.965. The van der Waals surface area contributed by atoms with Crippen molar-refractivity contribution >= 4 is 12.3 Å². The molecule has 0 spiro atoms. The maximum atomic E-state index is 11.6. The number of carbonyl (C=O) groups is 1. The maximum absolute atomic E-state index is 11.6. The van der Waals surface area contributed by atoms with Gasteiger partial charge in [-0.05, 0) is 12.8 Å². The topological polar surface area (TPSA) is 75.0 Å². The fraction of sp³-hybridized carbons (Fsp3) is 0.684. The minimum Gasteiger partial charge on any atom is -0.477 e. The van der Waals surface area contributed by atoms with Crippen LogP contribution in [0.3, 0.4) is 0 Å². The second kappa shape index (κ2) is 8.75. The largest absolute Gasteiger partial charge is 0.477 e. The molecule has 8 heteroatoms. The molecule has 0 bridgehead atoms. The zero-order valence-electron chi connectivity index (χ0n) is 17.3. The van der Waals surface area contributed by atoms with Gasteiger partial charge in [0, 0.05) is 25.7 Å². The first-order valence-corrected chi connectivity index (χ1v) is 9.13. The number of nitrogens with zero attached hydrogens (tertiary/aromatic N) is 3. The van der Waals surface area contributed by atoms with Gasteiger partial charge in [0.1, 0.15) is 6.61 Å². The summed E-state index contributed by atoms with van der Waals surface area (Å²) in [5.41, 5.74) is 0.390. The van der Waals surface area contributed by atoms with Gasteiger partial charge in [0.15, 0.2) is 12.6 Å². The predicted octanol–water partition coefficient (Wildman–Crippen LogP) is 3.50. The molecule has 0 aromatic carbocycles. The Bertz CT molecular complexity index is 660. The normalized spacial score (nSPS) is 20.0. The number of hydrogen-bond donors (Lipinski definition) is 0. The average molecular weight is 381 g/mol. The third-order valence-electron chi connectivity index (χ3n) is 3.81. The second-order valence-corrected chi connectivity index (χ2v) is 7.98. The van der Waals surface area contributed by atoms with E-state index in [-0.39, 0.29) is 24.4 Å². The highest BCUT2D eigenvalue weighted by Gasteiger charge is 2.33. The van der Waals surface area contributed by atoms with Crippen molar-refractivity contribution in [1.29, 1.82) is 0 Å². The van der Waals surface area contributed by atoms with Gasteiger partial charge in [0.2, 0.25) is 5.88 Å². The molecule has 0 saturated carbocycles. The summed E-state index contributed by atoms with van der Waals surface area (Å²) in [6.45, 7) is 10.8. The Balaban J connectivity index is 2.11. The quantitative estimate of drug-likeness (QED) is 0.686. The summed E-state index contributed by atoms with van der Waals surface area (Å²) in [5, 5.41) is 4.38. The zero-order chi connectivity index (χ0) is 20.2. The van der Waals surface area contributed by atoms with E-state index in [9.17, 15) is 4.79 Å². The van der Waals surface area contributed by atoms with Crippen LogP contribution in [-0.2, 0) is 14.2 Å². The van der Waals surface area contributed by atoms with Crippen molar-refractivity contribution in [2.45, 2.75) is 47.2 Å². The van der Waals surface area contributed by atoms with Crippen molar-refractivity contribution < 1.29 is 23.7 Å². The fourth-order valence-corrected chi connectivity index (χ4v) is 2.23. The lowest BCUT2D eigenvalue weighted by atomic mass is 9.95. The van der Waals surface area contributed by atoms with E-state index in [1.807, 2.05) is 33.0 Å². The number of ether oxygens (including phenoxy) is 4. The third-order valence-corrected chi connectivity index (χ3v) is 3.81. The van der Waals surface area contributed by atoms with E-state index in [1.165, 1.54) is 4.90 Å². The van der Waals surface area contributed by atoms with Gasteiger partial charge < -0.3 is 23.8 Å². The molecule has 1 saturated heterocycles. The summed E-state index contributed by atoms with van der Waals surface area (Å²) >= 11 is 0. The van der Waals surface area contributed by atoms with E-state index < -0.39 is 6.29 Å². The number of carbonyl (C=O) groups excluding carboxylic acids is 1. The summed E-state index contributed by atoms with van der Waals surface area (Å²) < 4.78 is 24.0. The molecule has 152 valence electrons. The fourth-order valence-electron chi connectivity index (χ4n) is 2.23. The van der Waals surface area contributed by atoms with Crippen LogP contribution in [0.5, 0.6) is 5.88 Å². The highest BCUT2D eigenvalue weighted by atomic mass is 16.9. The van der Waals surface area contributed by atoms with E-state index in [0.29, 0.717) is 18.4 Å². The van der Waals surface area contributed by atoms with Crippen molar-refractivity contribution in [3.05, 3.63) is 17.8 Å². The maximum Gasteiger partial charge on any atom is 0.409 e. The molecule has 1 aromatic rings. The minimum absolute atomic E-state index is 0.225. The van der Waals surface area contributed by atoms with Crippen LogP contribution in [0.1, 0.15) is 46.5 Å². The Hall–Kier alpha value is -2.06. The molecule has 0 N–H and O–H groups in total. The monoisotopic (exact) mass is 381 g/mol. The summed E-state index contributed by atoms with van der Waals surface area (Å²) in [6, 6.07) is 0. The molecule has 0 aliphatic carbocycles. The van der Waals surface area contributed by atoms with E-state index in [2.05, 4.69) is 18.9 Å². The smallest absolute Gasteiger partial charge is 0.409 e. The van der Waals surface area contributed by atoms with Crippen LogP contribution in [-0.4, -0.2) is 54.4 Å². The SMILES string of the molecule is CC(C)COc1c(C2OC(C)O2)cnn1/C=C/C(C)(C)COC(=O)N(C)C. The highest BCUT2D eigenvalue weighted by Crippen LogP contribution is 2.37. The molecule has 1 aliphatic heterocycles. The van der Waals surface area contributed by atoms with Gasteiger partial charge in [-0.15, -0.1) is 0 Å². The van der Waals surface area contributed by atoms with Crippen LogP contribution in [0.2, 0.25) is 0 Å². The Labute approximate surface area is 161 Å². The van der Waals surface area contributed by atoms with Gasteiger partial charge in [-0.3, -0.25) is 0 Å². The van der Waals surface area contributed by atoms with Crippen LogP contribution in [0.15, 0.2) is 12.3 Å². The molecule has 27 heavy (non-hydrogen) atoms. The first-order chi connectivity index (χ1) is 12.6. The third kappa shape index (κ3) is 5.97. The number of rotatable bonds is 8.